The number of hydrogen-bond donors (Lipinski definition) is 1. The van der Waals surface area contributed by atoms with Gasteiger partial charge in [0.05, 0.1) is 0 Å². The number of nitrogens with one attached hydrogen (secondary N) is 1. The van der Waals surface area contributed by atoms with Crippen LogP contribution in [0.25, 0.3) is 11.6 Å². The van der Waals surface area contributed by atoms with Gasteiger partial charge in [0.2, 0.25) is 5.89 Å². The third-order valence-electron chi connectivity index (χ3n) is 2.18. The van der Waals surface area contributed by atoms with Crippen LogP contribution in [0.2, 0.25) is 0 Å². The number of halogens is 1. The van der Waals surface area contributed by atoms with Crippen molar-refractivity contribution in [3.8, 4) is 11.6 Å². The van der Waals surface area contributed by atoms with Crippen molar-refractivity contribution in [1.82, 2.24) is 20.5 Å². The first-order valence-electron chi connectivity index (χ1n) is 5.44. The summed E-state index contributed by atoms with van der Waals surface area (Å²) in [6.07, 6.45) is 2.44. The topological polar surface area (TPSA) is 63.8 Å². The van der Waals surface area contributed by atoms with Gasteiger partial charge in [0, 0.05) is 23.6 Å². The maximum absolute atomic E-state index is 5.52. The molecule has 2 aromatic heterocycles. The van der Waals surface area contributed by atoms with Crippen LogP contribution in [-0.4, -0.2) is 28.3 Å². The van der Waals surface area contributed by atoms with Crippen LogP contribution in [0.15, 0.2) is 27.2 Å². The van der Waals surface area contributed by atoms with Gasteiger partial charge in [0.1, 0.15) is 5.69 Å². The molecule has 0 amide bonds. The Morgan fingerprint density at radius 3 is 2.94 bits per heavy atom. The van der Waals surface area contributed by atoms with Crippen LogP contribution in [0.5, 0.6) is 0 Å². The molecule has 0 saturated carbocycles. The van der Waals surface area contributed by atoms with Crippen molar-refractivity contribution in [1.29, 1.82) is 0 Å². The quantitative estimate of drug-likeness (QED) is 0.856. The lowest BCUT2D eigenvalue weighted by Crippen LogP contribution is -2.16. The van der Waals surface area contributed by atoms with E-state index in [0.717, 1.165) is 24.0 Å². The van der Waals surface area contributed by atoms with E-state index < -0.39 is 0 Å². The highest BCUT2D eigenvalue weighted by atomic mass is 79.9. The van der Waals surface area contributed by atoms with Crippen molar-refractivity contribution in [3.05, 3.63) is 28.7 Å². The lowest BCUT2D eigenvalue weighted by atomic mass is 10.3. The fourth-order valence-corrected chi connectivity index (χ4v) is 1.57. The summed E-state index contributed by atoms with van der Waals surface area (Å²) in [4.78, 5) is 4.20. The van der Waals surface area contributed by atoms with Crippen molar-refractivity contribution in [2.24, 2.45) is 0 Å². The molecule has 0 bridgehead atoms. The largest absolute Gasteiger partial charge is 0.419 e. The van der Waals surface area contributed by atoms with Crippen LogP contribution in [0.1, 0.15) is 12.8 Å². The molecule has 0 aliphatic carbocycles. The van der Waals surface area contributed by atoms with Gasteiger partial charge in [-0.05, 0) is 34.6 Å². The first-order chi connectivity index (χ1) is 8.29. The Balaban J connectivity index is 2.04. The van der Waals surface area contributed by atoms with E-state index in [1.165, 1.54) is 0 Å². The molecule has 1 N–H and O–H groups in total. The zero-order chi connectivity index (χ0) is 12.1. The smallest absolute Gasteiger partial charge is 0.266 e. The van der Waals surface area contributed by atoms with Crippen LogP contribution in [0, 0.1) is 0 Å². The van der Waals surface area contributed by atoms with Gasteiger partial charge in [0.25, 0.3) is 5.89 Å². The van der Waals surface area contributed by atoms with E-state index in [4.69, 9.17) is 4.42 Å². The molecule has 0 aromatic carbocycles. The van der Waals surface area contributed by atoms with Gasteiger partial charge in [-0.1, -0.05) is 6.92 Å². The first kappa shape index (κ1) is 12.2. The second-order valence-electron chi connectivity index (χ2n) is 3.47. The minimum Gasteiger partial charge on any atom is -0.419 e. The van der Waals surface area contributed by atoms with Crippen LogP contribution < -0.4 is 5.32 Å². The maximum atomic E-state index is 5.52. The number of likely N-dealkylation sites (N-methyl/N-ethyl adjacent to an activating group) is 1. The fourth-order valence-electron chi connectivity index (χ4n) is 1.33. The molecule has 5 nitrogen and oxygen atoms in total. The second-order valence-corrected chi connectivity index (χ2v) is 4.38. The Morgan fingerprint density at radius 2 is 2.24 bits per heavy atom. The highest BCUT2D eigenvalue weighted by Crippen LogP contribution is 2.17. The van der Waals surface area contributed by atoms with Crippen molar-refractivity contribution in [3.63, 3.8) is 0 Å². The number of hydrogen-bond acceptors (Lipinski definition) is 5. The lowest BCUT2D eigenvalue weighted by molar-refractivity contribution is 0.495. The normalized spacial score (nSPS) is 10.7. The molecule has 0 fully saturated rings. The summed E-state index contributed by atoms with van der Waals surface area (Å²) in [5, 5.41) is 11.2. The highest BCUT2D eigenvalue weighted by molar-refractivity contribution is 9.10. The van der Waals surface area contributed by atoms with Gasteiger partial charge >= 0.3 is 0 Å². The van der Waals surface area contributed by atoms with Crippen LogP contribution in [-0.2, 0) is 6.42 Å². The Labute approximate surface area is 108 Å². The van der Waals surface area contributed by atoms with E-state index in [1.54, 1.807) is 6.20 Å². The Hall–Kier alpha value is -1.27. The van der Waals surface area contributed by atoms with Gasteiger partial charge in [-0.25, -0.2) is 4.98 Å². The highest BCUT2D eigenvalue weighted by Gasteiger charge is 2.08. The van der Waals surface area contributed by atoms with E-state index in [-0.39, 0.29) is 0 Å². The second kappa shape index (κ2) is 5.88. The zero-order valence-corrected chi connectivity index (χ0v) is 11.1. The molecule has 2 rings (SSSR count). The maximum Gasteiger partial charge on any atom is 0.266 e. The Kier molecular flexibility index (Phi) is 4.22. The molecule has 90 valence electrons. The molecule has 17 heavy (non-hydrogen) atoms. The molecule has 0 aliphatic heterocycles. The minimum absolute atomic E-state index is 0.462. The molecule has 0 spiro atoms. The summed E-state index contributed by atoms with van der Waals surface area (Å²) in [5.74, 6) is 1.09. The molecule has 0 saturated heterocycles. The molecule has 0 aliphatic rings. The van der Waals surface area contributed by atoms with Crippen LogP contribution in [0.4, 0.5) is 0 Å². The van der Waals surface area contributed by atoms with Gasteiger partial charge in [-0.3, -0.25) is 0 Å². The Bertz CT molecular complexity index is 469. The SMILES string of the molecule is CCNCCc1nnc(-c2ccc(Br)cn2)o1. The van der Waals surface area contributed by atoms with Gasteiger partial charge in [-0.2, -0.15) is 0 Å². The van der Waals surface area contributed by atoms with E-state index in [0.29, 0.717) is 17.5 Å². The van der Waals surface area contributed by atoms with Crippen LogP contribution >= 0.6 is 15.9 Å². The molecule has 0 radical (unpaired) electrons. The Morgan fingerprint density at radius 1 is 1.35 bits per heavy atom. The molecular formula is C11H13BrN4O. The van der Waals surface area contributed by atoms with E-state index in [9.17, 15) is 0 Å². The number of pyridine rings is 1. The number of rotatable bonds is 5. The standard InChI is InChI=1S/C11H13BrN4O/c1-2-13-6-5-10-15-16-11(17-10)9-4-3-8(12)7-14-9/h3-4,7,13H,2,5-6H2,1H3. The number of aromatic nitrogens is 3. The zero-order valence-electron chi connectivity index (χ0n) is 9.48. The molecule has 0 atom stereocenters. The fraction of sp³-hybridized carbons (Fsp3) is 0.364. The third-order valence-corrected chi connectivity index (χ3v) is 2.65. The van der Waals surface area contributed by atoms with Crippen molar-refractivity contribution in [2.75, 3.05) is 13.1 Å². The molecule has 6 heteroatoms. The third kappa shape index (κ3) is 3.34. The van der Waals surface area contributed by atoms with Crippen molar-refractivity contribution < 1.29 is 4.42 Å². The van der Waals surface area contributed by atoms with Gasteiger partial charge in [-0.15, -0.1) is 10.2 Å². The molecule has 2 heterocycles. The molecular weight excluding hydrogens is 284 g/mol. The minimum atomic E-state index is 0.462. The van der Waals surface area contributed by atoms with Crippen molar-refractivity contribution >= 4 is 15.9 Å². The van der Waals surface area contributed by atoms with E-state index in [2.05, 4.69) is 43.4 Å². The predicted octanol–water partition coefficient (Wildman–Crippen LogP) is 2.05. The summed E-state index contributed by atoms with van der Waals surface area (Å²) < 4.78 is 6.44. The predicted molar refractivity (Wildman–Crippen MR) is 67.5 cm³/mol. The average Bonchev–Trinajstić information content (AvgIpc) is 2.79. The van der Waals surface area contributed by atoms with Gasteiger partial charge in [0.15, 0.2) is 0 Å². The number of nitrogens with zero attached hydrogens (tertiary/aromatic N) is 3. The summed E-state index contributed by atoms with van der Waals surface area (Å²) in [6.45, 7) is 3.84. The monoisotopic (exact) mass is 296 g/mol. The van der Waals surface area contributed by atoms with E-state index in [1.807, 2.05) is 12.1 Å². The average molecular weight is 297 g/mol. The summed E-state index contributed by atoms with van der Waals surface area (Å²) in [7, 11) is 0. The lowest BCUT2D eigenvalue weighted by Gasteiger charge is -1.96. The summed E-state index contributed by atoms with van der Waals surface area (Å²) >= 11 is 3.33. The summed E-state index contributed by atoms with van der Waals surface area (Å²) in [6, 6.07) is 3.73. The van der Waals surface area contributed by atoms with Gasteiger partial charge < -0.3 is 9.73 Å². The van der Waals surface area contributed by atoms with Crippen molar-refractivity contribution in [2.45, 2.75) is 13.3 Å². The van der Waals surface area contributed by atoms with Crippen LogP contribution in [0.3, 0.4) is 0 Å². The molecule has 2 aromatic rings. The van der Waals surface area contributed by atoms with E-state index >= 15 is 0 Å². The first-order valence-corrected chi connectivity index (χ1v) is 6.24. The summed E-state index contributed by atoms with van der Waals surface area (Å²) in [5.41, 5.74) is 0.690. The molecule has 0 unspecified atom stereocenters.